The van der Waals surface area contributed by atoms with Crippen molar-refractivity contribution in [2.24, 2.45) is 7.05 Å². The van der Waals surface area contributed by atoms with E-state index in [1.807, 2.05) is 14.0 Å². The van der Waals surface area contributed by atoms with Gasteiger partial charge < -0.3 is 0 Å². The lowest BCUT2D eigenvalue weighted by Gasteiger charge is -1.86. The van der Waals surface area contributed by atoms with Crippen molar-refractivity contribution >= 4 is 11.6 Å². The van der Waals surface area contributed by atoms with Crippen LogP contribution in [0, 0.1) is 13.0 Å². The molecule has 0 bridgehead atoms. The first-order chi connectivity index (χ1) is 3.70. The summed E-state index contributed by atoms with van der Waals surface area (Å²) in [6.45, 7) is 1.90. The molecule has 0 unspecified atom stereocenters. The lowest BCUT2D eigenvalue weighted by molar-refractivity contribution is 0.740. The summed E-state index contributed by atoms with van der Waals surface area (Å²) in [4.78, 5) is 0. The number of hydrogen-bond donors (Lipinski definition) is 0. The van der Waals surface area contributed by atoms with Crippen LogP contribution >= 0.6 is 11.6 Å². The molecule has 0 atom stereocenters. The first-order valence-corrected chi connectivity index (χ1v) is 2.66. The predicted octanol–water partition coefficient (Wildman–Crippen LogP) is 1.18. The van der Waals surface area contributed by atoms with Crippen molar-refractivity contribution in [3.63, 3.8) is 0 Å². The fourth-order valence-electron chi connectivity index (χ4n) is 0.462. The van der Waals surface area contributed by atoms with Crippen molar-refractivity contribution < 1.29 is 0 Å². The lowest BCUT2D eigenvalue weighted by Crippen LogP contribution is -1.91. The predicted molar refractivity (Wildman–Crippen MR) is 31.8 cm³/mol. The molecule has 3 heteroatoms. The molecule has 0 saturated heterocycles. The third kappa shape index (κ3) is 0.842. The van der Waals surface area contributed by atoms with Gasteiger partial charge in [0.2, 0.25) is 0 Å². The van der Waals surface area contributed by atoms with Crippen LogP contribution in [-0.4, -0.2) is 9.78 Å². The van der Waals surface area contributed by atoms with Gasteiger partial charge in [-0.05, 0) is 6.92 Å². The van der Waals surface area contributed by atoms with E-state index in [4.69, 9.17) is 11.6 Å². The van der Waals surface area contributed by atoms with Crippen molar-refractivity contribution in [3.05, 3.63) is 16.9 Å². The summed E-state index contributed by atoms with van der Waals surface area (Å²) in [5, 5.41) is 4.27. The summed E-state index contributed by atoms with van der Waals surface area (Å²) in [5.74, 6) is 0. The van der Waals surface area contributed by atoms with E-state index in [0.717, 1.165) is 5.69 Å². The van der Waals surface area contributed by atoms with Crippen LogP contribution in [0.5, 0.6) is 0 Å². The van der Waals surface area contributed by atoms with E-state index in [9.17, 15) is 0 Å². The van der Waals surface area contributed by atoms with Gasteiger partial charge in [-0.1, -0.05) is 11.6 Å². The molecule has 0 spiro atoms. The maximum Gasteiger partial charge on any atom is 0.159 e. The summed E-state index contributed by atoms with van der Waals surface area (Å²) < 4.78 is 1.68. The zero-order valence-electron chi connectivity index (χ0n) is 4.77. The van der Waals surface area contributed by atoms with E-state index in [-0.39, 0.29) is 0 Å². The Labute approximate surface area is 53.1 Å². The third-order valence-electron chi connectivity index (χ3n) is 1.01. The van der Waals surface area contributed by atoms with Gasteiger partial charge in [-0.25, -0.2) is 0 Å². The van der Waals surface area contributed by atoms with Crippen LogP contribution in [0.15, 0.2) is 0 Å². The van der Waals surface area contributed by atoms with Crippen LogP contribution < -0.4 is 0 Å². The smallest absolute Gasteiger partial charge is 0.159 e. The summed E-state index contributed by atoms with van der Waals surface area (Å²) in [7, 11) is 1.83. The highest BCUT2D eigenvalue weighted by atomic mass is 35.5. The Balaban J connectivity index is 3.14. The summed E-state index contributed by atoms with van der Waals surface area (Å²) >= 11 is 5.48. The molecule has 0 amide bonds. The van der Waals surface area contributed by atoms with Gasteiger partial charge in [0.25, 0.3) is 0 Å². The molecule has 0 aromatic carbocycles. The van der Waals surface area contributed by atoms with Crippen LogP contribution in [0.25, 0.3) is 0 Å². The number of rotatable bonds is 0. The van der Waals surface area contributed by atoms with Crippen LogP contribution in [-0.2, 0) is 7.05 Å². The molecule has 1 rings (SSSR count). The fraction of sp³-hybridized carbons (Fsp3) is 0.400. The second-order valence-corrected chi connectivity index (χ2v) is 1.98. The zero-order chi connectivity index (χ0) is 6.15. The summed E-state index contributed by atoms with van der Waals surface area (Å²) in [6.07, 6.45) is 0. The molecule has 43 valence electrons. The Bertz CT molecular complexity index is 173. The van der Waals surface area contributed by atoms with E-state index in [1.54, 1.807) is 4.68 Å². The van der Waals surface area contributed by atoms with Gasteiger partial charge in [0.1, 0.15) is 0 Å². The first kappa shape index (κ1) is 5.63. The van der Waals surface area contributed by atoms with Gasteiger partial charge in [-0.15, -0.1) is 0 Å². The Hall–Kier alpha value is -0.500. The topological polar surface area (TPSA) is 17.8 Å². The average Bonchev–Trinajstić information content (AvgIpc) is 1.85. The van der Waals surface area contributed by atoms with Crippen LogP contribution in [0.1, 0.15) is 5.69 Å². The van der Waals surface area contributed by atoms with E-state index in [1.165, 1.54) is 0 Å². The number of aryl methyl sites for hydroxylation is 2. The van der Waals surface area contributed by atoms with Crippen molar-refractivity contribution in [2.45, 2.75) is 6.92 Å². The maximum atomic E-state index is 5.48. The molecule has 0 fully saturated rings. The number of nitrogens with zero attached hydrogens (tertiary/aromatic N) is 2. The zero-order valence-corrected chi connectivity index (χ0v) is 5.53. The molecule has 0 N–H and O–H groups in total. The fourth-order valence-corrected chi connectivity index (χ4v) is 0.712. The van der Waals surface area contributed by atoms with Gasteiger partial charge in [0.05, 0.1) is 0 Å². The highest BCUT2D eigenvalue weighted by Gasteiger charge is 1.94. The second-order valence-electron chi connectivity index (χ2n) is 1.62. The van der Waals surface area contributed by atoms with E-state index < -0.39 is 0 Å². The molecule has 0 aliphatic rings. The Morgan fingerprint density at radius 3 is 2.50 bits per heavy atom. The van der Waals surface area contributed by atoms with Gasteiger partial charge in [-0.3, -0.25) is 4.68 Å². The Morgan fingerprint density at radius 2 is 2.38 bits per heavy atom. The molecule has 2 nitrogen and oxygen atoms in total. The molecule has 0 aliphatic carbocycles. The summed E-state index contributed by atoms with van der Waals surface area (Å²) in [6, 6.07) is 2.82. The summed E-state index contributed by atoms with van der Waals surface area (Å²) in [5.41, 5.74) is 0.954. The third-order valence-corrected chi connectivity index (χ3v) is 1.18. The maximum absolute atomic E-state index is 5.48. The lowest BCUT2D eigenvalue weighted by atomic mass is 10.5. The van der Waals surface area contributed by atoms with E-state index >= 15 is 0 Å². The molecule has 0 aliphatic heterocycles. The number of halogens is 1. The molecule has 8 heavy (non-hydrogen) atoms. The van der Waals surface area contributed by atoms with Gasteiger partial charge >= 0.3 is 0 Å². The molecule has 1 heterocycles. The minimum Gasteiger partial charge on any atom is -0.271 e. The van der Waals surface area contributed by atoms with Crippen LogP contribution in [0.4, 0.5) is 0 Å². The van der Waals surface area contributed by atoms with Crippen LogP contribution in [0.3, 0.4) is 0 Å². The van der Waals surface area contributed by atoms with Crippen molar-refractivity contribution in [1.29, 1.82) is 0 Å². The molecular formula is C5H6ClN2. The molecule has 1 radical (unpaired) electrons. The monoisotopic (exact) mass is 129 g/mol. The Morgan fingerprint density at radius 1 is 1.75 bits per heavy atom. The minimum atomic E-state index is 0.435. The minimum absolute atomic E-state index is 0.435. The van der Waals surface area contributed by atoms with E-state index in [0.29, 0.717) is 5.15 Å². The van der Waals surface area contributed by atoms with Crippen molar-refractivity contribution in [1.82, 2.24) is 9.78 Å². The largest absolute Gasteiger partial charge is 0.271 e. The number of hydrogen-bond acceptors (Lipinski definition) is 1. The van der Waals surface area contributed by atoms with Gasteiger partial charge in [-0.2, -0.15) is 5.10 Å². The first-order valence-electron chi connectivity index (χ1n) is 2.28. The highest BCUT2D eigenvalue weighted by molar-refractivity contribution is 6.29. The van der Waals surface area contributed by atoms with Crippen LogP contribution in [0.2, 0.25) is 5.15 Å². The molecule has 1 aromatic rings. The molecule has 1 aromatic heterocycles. The van der Waals surface area contributed by atoms with E-state index in [2.05, 4.69) is 11.2 Å². The Kier molecular flexibility index (Phi) is 1.26. The highest BCUT2D eigenvalue weighted by Crippen LogP contribution is 2.04. The van der Waals surface area contributed by atoms with Crippen molar-refractivity contribution in [2.75, 3.05) is 0 Å². The quantitative estimate of drug-likeness (QED) is 0.515. The van der Waals surface area contributed by atoms with Gasteiger partial charge in [0.15, 0.2) is 5.15 Å². The normalized spacial score (nSPS) is 9.88. The SMILES string of the molecule is Cc1[c]c(Cl)nn1C. The molecule has 0 saturated carbocycles. The average molecular weight is 130 g/mol. The standard InChI is InChI=1S/C5H6ClN2/c1-4-3-5(6)7-8(4)2/h1-2H3. The molecular weight excluding hydrogens is 124 g/mol. The number of aromatic nitrogens is 2. The second kappa shape index (κ2) is 1.78. The van der Waals surface area contributed by atoms with Gasteiger partial charge in [0, 0.05) is 18.8 Å². The van der Waals surface area contributed by atoms with Crippen molar-refractivity contribution in [3.8, 4) is 0 Å².